The van der Waals surface area contributed by atoms with E-state index in [9.17, 15) is 10.1 Å². The van der Waals surface area contributed by atoms with Gasteiger partial charge in [0, 0.05) is 12.1 Å². The van der Waals surface area contributed by atoms with Crippen molar-refractivity contribution in [1.82, 2.24) is 0 Å². The fourth-order valence-electron chi connectivity index (χ4n) is 1.13. The van der Waals surface area contributed by atoms with Crippen molar-refractivity contribution < 1.29 is 9.66 Å². The Kier molecular flexibility index (Phi) is 3.03. The second-order valence-electron chi connectivity index (χ2n) is 2.98. The summed E-state index contributed by atoms with van der Waals surface area (Å²) in [6.45, 7) is 1.77. The van der Waals surface area contributed by atoms with Gasteiger partial charge in [-0.3, -0.25) is 10.1 Å². The van der Waals surface area contributed by atoms with Gasteiger partial charge in [0.1, 0.15) is 0 Å². The number of nitrogens with zero attached hydrogens (tertiary/aromatic N) is 1. The van der Waals surface area contributed by atoms with Crippen LogP contribution in [0.5, 0.6) is 5.75 Å². The monoisotopic (exact) mass is 196 g/mol. The van der Waals surface area contributed by atoms with E-state index >= 15 is 0 Å². The van der Waals surface area contributed by atoms with Crippen molar-refractivity contribution in [2.45, 2.75) is 13.0 Å². The molecule has 1 rings (SSSR count). The van der Waals surface area contributed by atoms with Crippen molar-refractivity contribution >= 4 is 5.69 Å². The van der Waals surface area contributed by atoms with Crippen LogP contribution in [0.2, 0.25) is 0 Å². The van der Waals surface area contributed by atoms with Crippen LogP contribution in [0.15, 0.2) is 18.2 Å². The summed E-state index contributed by atoms with van der Waals surface area (Å²) in [6.07, 6.45) is 0. The number of nitrogens with two attached hydrogens (primary N) is 1. The number of hydrogen-bond donors (Lipinski definition) is 1. The van der Waals surface area contributed by atoms with Crippen LogP contribution < -0.4 is 10.5 Å². The fourth-order valence-corrected chi connectivity index (χ4v) is 1.13. The molecular weight excluding hydrogens is 184 g/mol. The summed E-state index contributed by atoms with van der Waals surface area (Å²) in [6, 6.07) is 4.48. The van der Waals surface area contributed by atoms with Gasteiger partial charge in [0.25, 0.3) is 0 Å². The lowest BCUT2D eigenvalue weighted by atomic mass is 10.1. The van der Waals surface area contributed by atoms with Crippen LogP contribution in [0.4, 0.5) is 5.69 Å². The van der Waals surface area contributed by atoms with E-state index in [1.54, 1.807) is 19.1 Å². The molecule has 0 aromatic heterocycles. The third-order valence-corrected chi connectivity index (χ3v) is 1.93. The molecule has 0 unspecified atom stereocenters. The molecule has 0 radical (unpaired) electrons. The van der Waals surface area contributed by atoms with Gasteiger partial charge in [0.05, 0.1) is 12.0 Å². The minimum atomic E-state index is -0.481. The Balaban J connectivity index is 3.21. The predicted molar refractivity (Wildman–Crippen MR) is 52.3 cm³/mol. The van der Waals surface area contributed by atoms with E-state index in [1.807, 2.05) is 0 Å². The molecule has 0 aliphatic carbocycles. The lowest BCUT2D eigenvalue weighted by Gasteiger charge is -2.07. The maximum atomic E-state index is 10.6. The minimum absolute atomic E-state index is 0.0534. The summed E-state index contributed by atoms with van der Waals surface area (Å²) in [5.74, 6) is 0.249. The molecule has 76 valence electrons. The van der Waals surface area contributed by atoms with Crippen LogP contribution in [0.3, 0.4) is 0 Å². The van der Waals surface area contributed by atoms with Gasteiger partial charge in [-0.15, -0.1) is 0 Å². The average Bonchev–Trinajstić information content (AvgIpc) is 2.16. The van der Waals surface area contributed by atoms with Gasteiger partial charge in [0.15, 0.2) is 5.75 Å². The molecule has 0 fully saturated rings. The fraction of sp³-hybridized carbons (Fsp3) is 0.333. The van der Waals surface area contributed by atoms with Crippen LogP contribution in [-0.4, -0.2) is 12.0 Å². The summed E-state index contributed by atoms with van der Waals surface area (Å²) in [5, 5.41) is 10.6. The third-order valence-electron chi connectivity index (χ3n) is 1.93. The van der Waals surface area contributed by atoms with E-state index in [4.69, 9.17) is 10.5 Å². The van der Waals surface area contributed by atoms with Crippen LogP contribution in [0, 0.1) is 10.1 Å². The van der Waals surface area contributed by atoms with Gasteiger partial charge < -0.3 is 10.5 Å². The maximum absolute atomic E-state index is 10.6. The average molecular weight is 196 g/mol. The highest BCUT2D eigenvalue weighted by Gasteiger charge is 2.15. The molecule has 1 atom stereocenters. The minimum Gasteiger partial charge on any atom is -0.490 e. The summed E-state index contributed by atoms with van der Waals surface area (Å²) in [7, 11) is 1.40. The number of rotatable bonds is 3. The van der Waals surface area contributed by atoms with Gasteiger partial charge >= 0.3 is 5.69 Å². The first-order chi connectivity index (χ1) is 6.56. The smallest absolute Gasteiger partial charge is 0.311 e. The highest BCUT2D eigenvalue weighted by Crippen LogP contribution is 2.28. The molecule has 1 aromatic carbocycles. The quantitative estimate of drug-likeness (QED) is 0.588. The first-order valence-corrected chi connectivity index (χ1v) is 4.14. The SMILES string of the molecule is COc1ccc([C@H](C)N)cc1[N+](=O)[O-]. The number of methoxy groups -OCH3 is 1. The van der Waals surface area contributed by atoms with E-state index in [2.05, 4.69) is 0 Å². The van der Waals surface area contributed by atoms with E-state index in [-0.39, 0.29) is 17.5 Å². The summed E-state index contributed by atoms with van der Waals surface area (Å²) in [4.78, 5) is 10.2. The molecule has 2 N–H and O–H groups in total. The van der Waals surface area contributed by atoms with Crippen molar-refractivity contribution in [2.75, 3.05) is 7.11 Å². The number of ether oxygens (including phenoxy) is 1. The molecular formula is C9H12N2O3. The molecule has 5 heteroatoms. The Labute approximate surface area is 81.6 Å². The second kappa shape index (κ2) is 4.06. The summed E-state index contributed by atoms with van der Waals surface area (Å²) >= 11 is 0. The zero-order chi connectivity index (χ0) is 10.7. The maximum Gasteiger partial charge on any atom is 0.311 e. The van der Waals surface area contributed by atoms with Gasteiger partial charge in [0.2, 0.25) is 0 Å². The Hall–Kier alpha value is -1.62. The van der Waals surface area contributed by atoms with Crippen molar-refractivity contribution in [3.05, 3.63) is 33.9 Å². The summed E-state index contributed by atoms with van der Waals surface area (Å²) in [5.41, 5.74) is 6.28. The molecule has 0 saturated carbocycles. The summed E-state index contributed by atoms with van der Waals surface area (Å²) < 4.78 is 4.86. The Morgan fingerprint density at radius 1 is 1.57 bits per heavy atom. The highest BCUT2D eigenvalue weighted by atomic mass is 16.6. The van der Waals surface area contributed by atoms with Gasteiger partial charge in [-0.2, -0.15) is 0 Å². The van der Waals surface area contributed by atoms with E-state index < -0.39 is 4.92 Å². The second-order valence-corrected chi connectivity index (χ2v) is 2.98. The lowest BCUT2D eigenvalue weighted by molar-refractivity contribution is -0.385. The molecule has 0 amide bonds. The normalized spacial score (nSPS) is 12.2. The van der Waals surface area contributed by atoms with Gasteiger partial charge in [-0.05, 0) is 18.6 Å². The third kappa shape index (κ3) is 2.00. The number of nitro groups is 1. The standard InChI is InChI=1S/C9H12N2O3/c1-6(10)7-3-4-9(14-2)8(5-7)11(12)13/h3-6H,10H2,1-2H3/t6-/m0/s1. The van der Waals surface area contributed by atoms with Crippen molar-refractivity contribution in [2.24, 2.45) is 5.73 Å². The highest BCUT2D eigenvalue weighted by molar-refractivity contribution is 5.49. The zero-order valence-corrected chi connectivity index (χ0v) is 8.06. The largest absolute Gasteiger partial charge is 0.490 e. The van der Waals surface area contributed by atoms with Crippen LogP contribution in [-0.2, 0) is 0 Å². The van der Waals surface area contributed by atoms with Crippen LogP contribution >= 0.6 is 0 Å². The van der Waals surface area contributed by atoms with Crippen LogP contribution in [0.1, 0.15) is 18.5 Å². The molecule has 0 saturated heterocycles. The van der Waals surface area contributed by atoms with Gasteiger partial charge in [-0.1, -0.05) is 6.07 Å². The Bertz CT molecular complexity index is 350. The first kappa shape index (κ1) is 10.5. The molecule has 0 bridgehead atoms. The predicted octanol–water partition coefficient (Wildman–Crippen LogP) is 1.62. The molecule has 1 aromatic rings. The topological polar surface area (TPSA) is 78.4 Å². The van der Waals surface area contributed by atoms with E-state index in [0.717, 1.165) is 5.56 Å². The van der Waals surface area contributed by atoms with Crippen molar-refractivity contribution in [3.63, 3.8) is 0 Å². The number of hydrogen-bond acceptors (Lipinski definition) is 4. The molecule has 0 aliphatic heterocycles. The molecule has 14 heavy (non-hydrogen) atoms. The van der Waals surface area contributed by atoms with E-state index in [0.29, 0.717) is 0 Å². The van der Waals surface area contributed by atoms with Crippen molar-refractivity contribution in [3.8, 4) is 5.75 Å². The van der Waals surface area contributed by atoms with Crippen molar-refractivity contribution in [1.29, 1.82) is 0 Å². The molecule has 0 spiro atoms. The van der Waals surface area contributed by atoms with E-state index in [1.165, 1.54) is 13.2 Å². The molecule has 0 aliphatic rings. The van der Waals surface area contributed by atoms with Crippen LogP contribution in [0.25, 0.3) is 0 Å². The Morgan fingerprint density at radius 2 is 2.21 bits per heavy atom. The zero-order valence-electron chi connectivity index (χ0n) is 8.06. The molecule has 0 heterocycles. The number of nitro benzene ring substituents is 1. The molecule has 5 nitrogen and oxygen atoms in total. The number of benzene rings is 1. The Morgan fingerprint density at radius 3 is 2.64 bits per heavy atom. The van der Waals surface area contributed by atoms with Gasteiger partial charge in [-0.25, -0.2) is 0 Å². The lowest BCUT2D eigenvalue weighted by Crippen LogP contribution is -2.05. The first-order valence-electron chi connectivity index (χ1n) is 4.14.